The van der Waals surface area contributed by atoms with E-state index in [0.717, 1.165) is 28.3 Å². The molecular weight excluding hydrogens is 368 g/mol. The highest BCUT2D eigenvalue weighted by atomic mass is 32.2. The maximum atomic E-state index is 12.4. The van der Waals surface area contributed by atoms with E-state index in [-0.39, 0.29) is 5.91 Å². The molecule has 0 saturated carbocycles. The molecule has 1 aliphatic heterocycles. The van der Waals surface area contributed by atoms with E-state index in [1.165, 1.54) is 17.3 Å². The molecule has 5 nitrogen and oxygen atoms in total. The van der Waals surface area contributed by atoms with Crippen molar-refractivity contribution in [2.45, 2.75) is 20.8 Å². The highest BCUT2D eigenvalue weighted by molar-refractivity contribution is 8.18. The van der Waals surface area contributed by atoms with E-state index in [1.807, 2.05) is 69.4 Å². The van der Waals surface area contributed by atoms with Crippen LogP contribution >= 0.6 is 11.8 Å². The van der Waals surface area contributed by atoms with Crippen molar-refractivity contribution in [2.24, 2.45) is 4.99 Å². The number of rotatable bonds is 3. The first-order valence-corrected chi connectivity index (χ1v) is 9.78. The number of aromatic nitrogens is 2. The number of thioether (sulfide) groups is 1. The highest BCUT2D eigenvalue weighted by Gasteiger charge is 2.24. The molecule has 0 atom stereocenters. The number of hydrogen-bond acceptors (Lipinski definition) is 4. The number of nitrogens with zero attached hydrogens (tertiary/aromatic N) is 3. The van der Waals surface area contributed by atoms with Crippen LogP contribution in [0.1, 0.15) is 22.5 Å². The number of amidine groups is 1. The first-order valence-electron chi connectivity index (χ1n) is 8.97. The average Bonchev–Trinajstić information content (AvgIpc) is 3.16. The van der Waals surface area contributed by atoms with Crippen LogP contribution in [-0.2, 0) is 4.79 Å². The molecule has 28 heavy (non-hydrogen) atoms. The van der Waals surface area contributed by atoms with Gasteiger partial charge in [-0.25, -0.2) is 4.99 Å². The van der Waals surface area contributed by atoms with Crippen LogP contribution in [0.15, 0.2) is 64.8 Å². The summed E-state index contributed by atoms with van der Waals surface area (Å²) in [5.74, 6) is -0.123. The molecule has 1 aromatic carbocycles. The van der Waals surface area contributed by atoms with E-state index in [1.54, 1.807) is 6.20 Å². The number of aryl methyl sites for hydroxylation is 2. The number of carbonyl (C=O) groups is 1. The molecular formula is C22H20N4OS. The number of amides is 1. The van der Waals surface area contributed by atoms with E-state index in [2.05, 4.69) is 25.9 Å². The molecule has 0 radical (unpaired) electrons. The molecule has 3 aromatic rings. The molecule has 140 valence electrons. The van der Waals surface area contributed by atoms with Crippen LogP contribution in [0.2, 0.25) is 0 Å². The summed E-state index contributed by atoms with van der Waals surface area (Å²) >= 11 is 1.36. The van der Waals surface area contributed by atoms with Gasteiger partial charge in [-0.15, -0.1) is 0 Å². The smallest absolute Gasteiger partial charge is 0.264 e. The lowest BCUT2D eigenvalue weighted by atomic mass is 10.2. The molecule has 1 amide bonds. The lowest BCUT2D eigenvalue weighted by Crippen LogP contribution is -2.19. The minimum absolute atomic E-state index is 0.123. The summed E-state index contributed by atoms with van der Waals surface area (Å²) in [7, 11) is 0. The Kier molecular flexibility index (Phi) is 4.88. The van der Waals surface area contributed by atoms with Gasteiger partial charge in [0, 0.05) is 17.6 Å². The summed E-state index contributed by atoms with van der Waals surface area (Å²) in [6, 6.07) is 13.9. The quantitative estimate of drug-likeness (QED) is 0.662. The minimum atomic E-state index is -0.123. The van der Waals surface area contributed by atoms with Crippen molar-refractivity contribution >= 4 is 34.6 Å². The standard InChI is InChI=1S/C22H20N4OS/c1-14-6-8-18(9-7-14)24-22-25-21(27)20(28-22)12-17-11-15(2)26(16(17)3)19-5-4-10-23-13-19/h4-13H,1-3H3,(H,24,25,27)/b20-12+. The third-order valence-corrected chi connectivity index (χ3v) is 5.49. The van der Waals surface area contributed by atoms with Crippen molar-refractivity contribution in [3.63, 3.8) is 0 Å². The Morgan fingerprint density at radius 2 is 1.93 bits per heavy atom. The van der Waals surface area contributed by atoms with Crippen LogP contribution in [0.5, 0.6) is 0 Å². The molecule has 1 fully saturated rings. The second-order valence-corrected chi connectivity index (χ2v) is 7.72. The van der Waals surface area contributed by atoms with Gasteiger partial charge in [0.1, 0.15) is 0 Å². The Morgan fingerprint density at radius 1 is 1.14 bits per heavy atom. The van der Waals surface area contributed by atoms with Gasteiger partial charge in [-0.3, -0.25) is 9.78 Å². The van der Waals surface area contributed by atoms with E-state index >= 15 is 0 Å². The highest BCUT2D eigenvalue weighted by Crippen LogP contribution is 2.30. The molecule has 1 saturated heterocycles. The maximum Gasteiger partial charge on any atom is 0.264 e. The first kappa shape index (κ1) is 18.3. The predicted molar refractivity (Wildman–Crippen MR) is 115 cm³/mol. The zero-order valence-electron chi connectivity index (χ0n) is 15.9. The fourth-order valence-corrected chi connectivity index (χ4v) is 4.01. The Hall–Kier alpha value is -3.12. The van der Waals surface area contributed by atoms with E-state index in [9.17, 15) is 4.79 Å². The molecule has 1 aliphatic rings. The zero-order chi connectivity index (χ0) is 19.7. The van der Waals surface area contributed by atoms with Gasteiger partial charge in [0.2, 0.25) is 0 Å². The Bertz CT molecular complexity index is 1100. The SMILES string of the molecule is Cc1ccc(N=C2NC(=O)/C(=C\c3cc(C)n(-c4cccnc4)c3C)S2)cc1. The van der Waals surface area contributed by atoms with Crippen LogP contribution in [-0.4, -0.2) is 20.6 Å². The largest absolute Gasteiger partial charge is 0.316 e. The Morgan fingerprint density at radius 3 is 2.64 bits per heavy atom. The third kappa shape index (κ3) is 3.64. The number of aliphatic imine (C=N–C) groups is 1. The van der Waals surface area contributed by atoms with Crippen molar-refractivity contribution in [3.05, 3.63) is 82.3 Å². The summed E-state index contributed by atoms with van der Waals surface area (Å²) in [5.41, 5.74) is 6.17. The summed E-state index contributed by atoms with van der Waals surface area (Å²) in [6.07, 6.45) is 5.52. The Balaban J connectivity index is 1.63. The minimum Gasteiger partial charge on any atom is -0.316 e. The van der Waals surface area contributed by atoms with Crippen molar-refractivity contribution in [3.8, 4) is 5.69 Å². The summed E-state index contributed by atoms with van der Waals surface area (Å²) in [5, 5.41) is 3.45. The molecule has 6 heteroatoms. The van der Waals surface area contributed by atoms with Crippen LogP contribution in [0.3, 0.4) is 0 Å². The van der Waals surface area contributed by atoms with Crippen LogP contribution in [0.25, 0.3) is 11.8 Å². The van der Waals surface area contributed by atoms with E-state index in [4.69, 9.17) is 0 Å². The molecule has 0 unspecified atom stereocenters. The molecule has 0 aliphatic carbocycles. The number of nitrogens with one attached hydrogen (secondary N) is 1. The third-order valence-electron chi connectivity index (χ3n) is 4.58. The lowest BCUT2D eigenvalue weighted by molar-refractivity contribution is -0.115. The molecule has 1 N–H and O–H groups in total. The van der Waals surface area contributed by atoms with Gasteiger partial charge in [0.25, 0.3) is 5.91 Å². The second kappa shape index (κ2) is 7.48. The monoisotopic (exact) mass is 388 g/mol. The van der Waals surface area contributed by atoms with Gasteiger partial charge < -0.3 is 9.88 Å². The predicted octanol–water partition coefficient (Wildman–Crippen LogP) is 4.69. The summed E-state index contributed by atoms with van der Waals surface area (Å²) < 4.78 is 2.14. The Labute approximate surface area is 168 Å². The molecule has 0 spiro atoms. The van der Waals surface area contributed by atoms with Gasteiger partial charge >= 0.3 is 0 Å². The molecule has 2 aromatic heterocycles. The molecule has 0 bridgehead atoms. The number of benzene rings is 1. The van der Waals surface area contributed by atoms with E-state index < -0.39 is 0 Å². The lowest BCUT2D eigenvalue weighted by Gasteiger charge is -2.08. The fraction of sp³-hybridized carbons (Fsp3) is 0.136. The zero-order valence-corrected chi connectivity index (χ0v) is 16.7. The molecule has 4 rings (SSSR count). The number of hydrogen-bond donors (Lipinski definition) is 1. The average molecular weight is 388 g/mol. The second-order valence-electron chi connectivity index (χ2n) is 6.69. The van der Waals surface area contributed by atoms with Crippen molar-refractivity contribution < 1.29 is 4.79 Å². The summed E-state index contributed by atoms with van der Waals surface area (Å²) in [6.45, 7) is 6.13. The maximum absolute atomic E-state index is 12.4. The number of carbonyl (C=O) groups excluding carboxylic acids is 1. The van der Waals surface area contributed by atoms with Crippen molar-refractivity contribution in [1.82, 2.24) is 14.9 Å². The van der Waals surface area contributed by atoms with Gasteiger partial charge in [-0.1, -0.05) is 17.7 Å². The number of pyridine rings is 1. The van der Waals surface area contributed by atoms with Crippen LogP contribution in [0.4, 0.5) is 5.69 Å². The van der Waals surface area contributed by atoms with Gasteiger partial charge in [-0.2, -0.15) is 0 Å². The van der Waals surface area contributed by atoms with Crippen molar-refractivity contribution in [1.29, 1.82) is 0 Å². The van der Waals surface area contributed by atoms with Crippen LogP contribution < -0.4 is 5.32 Å². The van der Waals surface area contributed by atoms with Gasteiger partial charge in [-0.05, 0) is 74.5 Å². The van der Waals surface area contributed by atoms with Gasteiger partial charge in [0.15, 0.2) is 5.17 Å². The fourth-order valence-electron chi connectivity index (χ4n) is 3.18. The van der Waals surface area contributed by atoms with Crippen molar-refractivity contribution in [2.75, 3.05) is 0 Å². The molecule has 3 heterocycles. The van der Waals surface area contributed by atoms with Gasteiger partial charge in [0.05, 0.1) is 22.5 Å². The normalized spacial score (nSPS) is 16.8. The van der Waals surface area contributed by atoms with E-state index in [0.29, 0.717) is 10.1 Å². The van der Waals surface area contributed by atoms with Crippen LogP contribution in [0, 0.1) is 20.8 Å². The first-order chi connectivity index (χ1) is 13.5. The topological polar surface area (TPSA) is 59.3 Å². The summed E-state index contributed by atoms with van der Waals surface area (Å²) in [4.78, 5) is 21.8.